The van der Waals surface area contributed by atoms with Gasteiger partial charge in [0.1, 0.15) is 5.78 Å². The lowest BCUT2D eigenvalue weighted by atomic mass is 9.86. The molecule has 0 fully saturated rings. The lowest BCUT2D eigenvalue weighted by Crippen LogP contribution is -2.08. The molecule has 13 heavy (non-hydrogen) atoms. The fourth-order valence-electron chi connectivity index (χ4n) is 1.86. The predicted molar refractivity (Wildman–Crippen MR) is 55.6 cm³/mol. The highest BCUT2D eigenvalue weighted by Gasteiger charge is 2.27. The Morgan fingerprint density at radius 3 is 2.54 bits per heavy atom. The van der Waals surface area contributed by atoms with Crippen LogP contribution in [0.2, 0.25) is 0 Å². The molecule has 1 rings (SSSR count). The molecule has 0 radical (unpaired) electrons. The molecule has 0 aromatic heterocycles. The van der Waals surface area contributed by atoms with Gasteiger partial charge in [0.05, 0.1) is 0 Å². The molecule has 1 nitrogen and oxygen atoms in total. The molecular formula is C12H20O. The zero-order chi connectivity index (χ0) is 10.1. The van der Waals surface area contributed by atoms with Crippen LogP contribution in [0.3, 0.4) is 0 Å². The van der Waals surface area contributed by atoms with Gasteiger partial charge in [-0.25, -0.2) is 0 Å². The van der Waals surface area contributed by atoms with E-state index in [9.17, 15) is 4.79 Å². The summed E-state index contributed by atoms with van der Waals surface area (Å²) in [5, 5.41) is 0. The van der Waals surface area contributed by atoms with E-state index in [0.717, 1.165) is 12.8 Å². The van der Waals surface area contributed by atoms with Gasteiger partial charge in [0.15, 0.2) is 0 Å². The van der Waals surface area contributed by atoms with E-state index in [4.69, 9.17) is 0 Å². The first-order valence-corrected chi connectivity index (χ1v) is 5.19. The molecule has 0 aromatic rings. The summed E-state index contributed by atoms with van der Waals surface area (Å²) in [5.74, 6) is 0.624. The molecule has 0 aliphatic heterocycles. The summed E-state index contributed by atoms with van der Waals surface area (Å²) in [6, 6.07) is 0. The molecule has 0 aromatic carbocycles. The van der Waals surface area contributed by atoms with E-state index in [1.807, 2.05) is 6.92 Å². The standard InChI is InChI=1S/C12H20O/c1-5-11(13)9-6-7-10(8-9)12(2,3)4/h8-9H,5-7H2,1-4H3. The minimum absolute atomic E-state index is 0.222. The van der Waals surface area contributed by atoms with E-state index >= 15 is 0 Å². The van der Waals surface area contributed by atoms with Crippen LogP contribution in [0.15, 0.2) is 11.6 Å². The van der Waals surface area contributed by atoms with Crippen molar-refractivity contribution in [3.8, 4) is 0 Å². The summed E-state index contributed by atoms with van der Waals surface area (Å²) in [6.45, 7) is 8.61. The van der Waals surface area contributed by atoms with Gasteiger partial charge in [-0.2, -0.15) is 0 Å². The SMILES string of the molecule is CCC(=O)C1C=C(C(C)(C)C)CC1. The number of carbonyl (C=O) groups excluding carboxylic acids is 1. The van der Waals surface area contributed by atoms with Gasteiger partial charge in [0.2, 0.25) is 0 Å². The molecule has 0 amide bonds. The van der Waals surface area contributed by atoms with Gasteiger partial charge in [-0.05, 0) is 18.3 Å². The van der Waals surface area contributed by atoms with Crippen LogP contribution in [0.4, 0.5) is 0 Å². The number of allylic oxidation sites excluding steroid dienone is 2. The third kappa shape index (κ3) is 2.43. The molecule has 0 saturated heterocycles. The van der Waals surface area contributed by atoms with Crippen LogP contribution in [-0.2, 0) is 4.79 Å². The van der Waals surface area contributed by atoms with Gasteiger partial charge in [0.25, 0.3) is 0 Å². The van der Waals surface area contributed by atoms with E-state index in [2.05, 4.69) is 26.8 Å². The Morgan fingerprint density at radius 1 is 1.54 bits per heavy atom. The molecule has 74 valence electrons. The number of hydrogen-bond donors (Lipinski definition) is 0. The number of carbonyl (C=O) groups is 1. The zero-order valence-corrected chi connectivity index (χ0v) is 9.18. The monoisotopic (exact) mass is 180 g/mol. The molecule has 1 unspecified atom stereocenters. The van der Waals surface area contributed by atoms with Crippen LogP contribution in [0.1, 0.15) is 47.0 Å². The summed E-state index contributed by atoms with van der Waals surface area (Å²) in [5.41, 5.74) is 1.71. The van der Waals surface area contributed by atoms with E-state index < -0.39 is 0 Å². The van der Waals surface area contributed by atoms with Crippen molar-refractivity contribution in [3.63, 3.8) is 0 Å². The number of Topliss-reactive ketones (excluding diaryl/α,β-unsaturated/α-hetero) is 1. The van der Waals surface area contributed by atoms with Crippen molar-refractivity contribution in [2.45, 2.75) is 47.0 Å². The van der Waals surface area contributed by atoms with Crippen molar-refractivity contribution in [2.24, 2.45) is 11.3 Å². The summed E-state index contributed by atoms with van der Waals surface area (Å²) in [4.78, 5) is 11.4. The molecule has 0 heterocycles. The molecule has 1 aliphatic carbocycles. The molecule has 1 atom stereocenters. The van der Waals surface area contributed by atoms with Crippen LogP contribution in [0, 0.1) is 11.3 Å². The number of ketones is 1. The topological polar surface area (TPSA) is 17.1 Å². The molecule has 1 aliphatic rings. The highest BCUT2D eigenvalue weighted by Crippen LogP contribution is 2.37. The summed E-state index contributed by atoms with van der Waals surface area (Å²) >= 11 is 0. The zero-order valence-electron chi connectivity index (χ0n) is 9.18. The van der Waals surface area contributed by atoms with E-state index in [1.54, 1.807) is 0 Å². The summed E-state index contributed by atoms with van der Waals surface area (Å²) < 4.78 is 0. The fourth-order valence-corrected chi connectivity index (χ4v) is 1.86. The van der Waals surface area contributed by atoms with Crippen LogP contribution < -0.4 is 0 Å². The van der Waals surface area contributed by atoms with Crippen LogP contribution in [0.5, 0.6) is 0 Å². The van der Waals surface area contributed by atoms with Crippen molar-refractivity contribution in [1.82, 2.24) is 0 Å². The minimum atomic E-state index is 0.222. The van der Waals surface area contributed by atoms with Crippen LogP contribution in [-0.4, -0.2) is 5.78 Å². The highest BCUT2D eigenvalue weighted by molar-refractivity contribution is 5.83. The van der Waals surface area contributed by atoms with Gasteiger partial charge in [-0.1, -0.05) is 39.3 Å². The molecule has 1 heteroatoms. The second kappa shape index (κ2) is 3.65. The first-order valence-electron chi connectivity index (χ1n) is 5.19. The maximum atomic E-state index is 11.4. The quantitative estimate of drug-likeness (QED) is 0.596. The Kier molecular flexibility index (Phi) is 2.94. The Labute approximate surface area is 81.2 Å². The molecule has 0 bridgehead atoms. The average molecular weight is 180 g/mol. The largest absolute Gasteiger partial charge is 0.299 e. The first-order chi connectivity index (χ1) is 5.95. The van der Waals surface area contributed by atoms with Crippen molar-refractivity contribution in [3.05, 3.63) is 11.6 Å². The third-order valence-corrected chi connectivity index (χ3v) is 2.85. The summed E-state index contributed by atoms with van der Waals surface area (Å²) in [6.07, 6.45) is 5.03. The second-order valence-electron chi connectivity index (χ2n) is 4.91. The van der Waals surface area contributed by atoms with E-state index in [0.29, 0.717) is 12.2 Å². The van der Waals surface area contributed by atoms with Gasteiger partial charge in [0, 0.05) is 12.3 Å². The lowest BCUT2D eigenvalue weighted by molar-refractivity contribution is -0.121. The number of rotatable bonds is 2. The Morgan fingerprint density at radius 2 is 2.15 bits per heavy atom. The summed E-state index contributed by atoms with van der Waals surface area (Å²) in [7, 11) is 0. The Hall–Kier alpha value is -0.590. The second-order valence-corrected chi connectivity index (χ2v) is 4.91. The van der Waals surface area contributed by atoms with Crippen molar-refractivity contribution in [2.75, 3.05) is 0 Å². The van der Waals surface area contributed by atoms with E-state index in [-0.39, 0.29) is 11.3 Å². The lowest BCUT2D eigenvalue weighted by Gasteiger charge is -2.19. The Bertz CT molecular complexity index is 230. The van der Waals surface area contributed by atoms with Crippen LogP contribution in [0.25, 0.3) is 0 Å². The predicted octanol–water partition coefficient (Wildman–Crippen LogP) is 3.35. The number of hydrogen-bond acceptors (Lipinski definition) is 1. The van der Waals surface area contributed by atoms with E-state index in [1.165, 1.54) is 5.57 Å². The van der Waals surface area contributed by atoms with Crippen molar-refractivity contribution in [1.29, 1.82) is 0 Å². The average Bonchev–Trinajstić information content (AvgIpc) is 2.50. The smallest absolute Gasteiger partial charge is 0.139 e. The molecule has 0 saturated carbocycles. The first kappa shape index (κ1) is 10.5. The van der Waals surface area contributed by atoms with Gasteiger partial charge >= 0.3 is 0 Å². The minimum Gasteiger partial charge on any atom is -0.299 e. The Balaban J connectivity index is 2.69. The molecule has 0 N–H and O–H groups in total. The van der Waals surface area contributed by atoms with Crippen molar-refractivity contribution >= 4 is 5.78 Å². The molecular weight excluding hydrogens is 160 g/mol. The van der Waals surface area contributed by atoms with Gasteiger partial charge < -0.3 is 0 Å². The maximum Gasteiger partial charge on any atom is 0.139 e. The van der Waals surface area contributed by atoms with Gasteiger partial charge in [-0.15, -0.1) is 0 Å². The third-order valence-electron chi connectivity index (χ3n) is 2.85. The normalized spacial score (nSPS) is 23.1. The van der Waals surface area contributed by atoms with Crippen molar-refractivity contribution < 1.29 is 4.79 Å². The molecule has 0 spiro atoms. The highest BCUT2D eigenvalue weighted by atomic mass is 16.1. The maximum absolute atomic E-state index is 11.4. The van der Waals surface area contributed by atoms with Crippen LogP contribution >= 0.6 is 0 Å². The van der Waals surface area contributed by atoms with Gasteiger partial charge in [-0.3, -0.25) is 4.79 Å². The fraction of sp³-hybridized carbons (Fsp3) is 0.750.